The Balaban J connectivity index is 2.30. The van der Waals surface area contributed by atoms with Gasteiger partial charge in [0, 0.05) is 18.3 Å². The standard InChI is InChI=1S/C19H23N3/c1-3-15(13-20)19(22-2)17-10-9-16(18(21)12-17)11-14-7-5-4-6-8-14/h4-10,12-13H,3,11,20-21H2,1-2H3/b15-13+,22-19?. The largest absolute Gasteiger partial charge is 0.404 e. The first-order valence-electron chi connectivity index (χ1n) is 7.50. The van der Waals surface area contributed by atoms with Crippen LogP contribution in [0.15, 0.2) is 65.3 Å². The molecule has 0 amide bonds. The van der Waals surface area contributed by atoms with Crippen LogP contribution in [0.25, 0.3) is 0 Å². The normalized spacial score (nSPS) is 12.5. The van der Waals surface area contributed by atoms with E-state index in [1.54, 1.807) is 13.2 Å². The number of rotatable bonds is 5. The zero-order valence-electron chi connectivity index (χ0n) is 13.2. The Hall–Kier alpha value is -2.55. The summed E-state index contributed by atoms with van der Waals surface area (Å²) < 4.78 is 0. The predicted molar refractivity (Wildman–Crippen MR) is 95.1 cm³/mol. The first kappa shape index (κ1) is 15.8. The Labute approximate surface area is 132 Å². The molecule has 0 fully saturated rings. The van der Waals surface area contributed by atoms with Crippen molar-refractivity contribution in [2.45, 2.75) is 19.8 Å². The Morgan fingerprint density at radius 3 is 2.41 bits per heavy atom. The summed E-state index contributed by atoms with van der Waals surface area (Å²) in [5.41, 5.74) is 18.0. The van der Waals surface area contributed by atoms with Crippen LogP contribution in [0, 0.1) is 0 Å². The van der Waals surface area contributed by atoms with E-state index in [9.17, 15) is 0 Å². The maximum absolute atomic E-state index is 6.24. The lowest BCUT2D eigenvalue weighted by atomic mass is 9.96. The highest BCUT2D eigenvalue weighted by Gasteiger charge is 2.10. The van der Waals surface area contributed by atoms with Gasteiger partial charge in [-0.05, 0) is 41.8 Å². The first-order chi connectivity index (χ1) is 10.7. The summed E-state index contributed by atoms with van der Waals surface area (Å²) in [7, 11) is 1.78. The molecule has 0 unspecified atom stereocenters. The summed E-state index contributed by atoms with van der Waals surface area (Å²) in [6.07, 6.45) is 3.30. The molecule has 114 valence electrons. The van der Waals surface area contributed by atoms with Gasteiger partial charge in [0.1, 0.15) is 0 Å². The molecule has 0 saturated heterocycles. The maximum atomic E-state index is 6.24. The molecule has 2 aromatic rings. The highest BCUT2D eigenvalue weighted by Crippen LogP contribution is 2.21. The zero-order valence-corrected chi connectivity index (χ0v) is 13.2. The molecule has 2 rings (SSSR count). The van der Waals surface area contributed by atoms with Crippen molar-refractivity contribution in [1.82, 2.24) is 0 Å². The SMILES string of the molecule is CC/C(=C\N)C(=NC)c1ccc(Cc2ccccc2)c(N)c1. The number of nitrogens with two attached hydrogens (primary N) is 2. The summed E-state index contributed by atoms with van der Waals surface area (Å²) in [4.78, 5) is 4.37. The monoisotopic (exact) mass is 293 g/mol. The Morgan fingerprint density at radius 1 is 1.14 bits per heavy atom. The molecule has 2 aromatic carbocycles. The molecule has 0 spiro atoms. The lowest BCUT2D eigenvalue weighted by molar-refractivity contribution is 1.15. The van der Waals surface area contributed by atoms with Crippen LogP contribution in [0.5, 0.6) is 0 Å². The zero-order chi connectivity index (χ0) is 15.9. The van der Waals surface area contributed by atoms with E-state index >= 15 is 0 Å². The fraction of sp³-hybridized carbons (Fsp3) is 0.211. The Morgan fingerprint density at radius 2 is 1.86 bits per heavy atom. The molecular weight excluding hydrogens is 270 g/mol. The van der Waals surface area contributed by atoms with Crippen molar-refractivity contribution in [2.75, 3.05) is 12.8 Å². The number of nitrogen functional groups attached to an aromatic ring is 1. The van der Waals surface area contributed by atoms with E-state index in [0.717, 1.165) is 40.9 Å². The number of hydrogen-bond acceptors (Lipinski definition) is 3. The van der Waals surface area contributed by atoms with Crippen LogP contribution in [-0.2, 0) is 6.42 Å². The topological polar surface area (TPSA) is 64.4 Å². The minimum atomic E-state index is 0.787. The molecule has 4 N–H and O–H groups in total. The highest BCUT2D eigenvalue weighted by molar-refractivity contribution is 6.12. The summed E-state index contributed by atoms with van der Waals surface area (Å²) in [6, 6.07) is 16.5. The number of benzene rings is 2. The molecule has 0 atom stereocenters. The quantitative estimate of drug-likeness (QED) is 0.654. The van der Waals surface area contributed by atoms with Gasteiger partial charge in [-0.25, -0.2) is 0 Å². The molecule has 22 heavy (non-hydrogen) atoms. The van der Waals surface area contributed by atoms with E-state index in [4.69, 9.17) is 11.5 Å². The van der Waals surface area contributed by atoms with E-state index < -0.39 is 0 Å². The second kappa shape index (κ2) is 7.46. The molecule has 0 radical (unpaired) electrons. The summed E-state index contributed by atoms with van der Waals surface area (Å²) >= 11 is 0. The van der Waals surface area contributed by atoms with Gasteiger partial charge in [-0.3, -0.25) is 4.99 Å². The minimum Gasteiger partial charge on any atom is -0.404 e. The molecule has 0 bridgehead atoms. The fourth-order valence-corrected chi connectivity index (χ4v) is 2.54. The van der Waals surface area contributed by atoms with Crippen molar-refractivity contribution < 1.29 is 0 Å². The van der Waals surface area contributed by atoms with Crippen LogP contribution >= 0.6 is 0 Å². The summed E-state index contributed by atoms with van der Waals surface area (Å²) in [5.74, 6) is 0. The van der Waals surface area contributed by atoms with Crippen LogP contribution < -0.4 is 11.5 Å². The lowest BCUT2D eigenvalue weighted by Gasteiger charge is -2.12. The van der Waals surface area contributed by atoms with Gasteiger partial charge in [0.2, 0.25) is 0 Å². The number of hydrogen-bond donors (Lipinski definition) is 2. The molecular formula is C19H23N3. The van der Waals surface area contributed by atoms with Crippen molar-refractivity contribution in [2.24, 2.45) is 10.7 Å². The number of nitrogens with zero attached hydrogens (tertiary/aromatic N) is 1. The summed E-state index contributed by atoms with van der Waals surface area (Å²) in [5, 5.41) is 0. The van der Waals surface area contributed by atoms with Crippen LogP contribution in [0.3, 0.4) is 0 Å². The second-order valence-electron chi connectivity index (χ2n) is 5.19. The average Bonchev–Trinajstić information content (AvgIpc) is 2.55. The van der Waals surface area contributed by atoms with Gasteiger partial charge in [-0.1, -0.05) is 49.4 Å². The number of allylic oxidation sites excluding steroid dienone is 1. The van der Waals surface area contributed by atoms with Gasteiger partial charge in [0.05, 0.1) is 5.71 Å². The van der Waals surface area contributed by atoms with Crippen LogP contribution in [0.4, 0.5) is 5.69 Å². The molecule has 3 heteroatoms. The van der Waals surface area contributed by atoms with E-state index in [-0.39, 0.29) is 0 Å². The third-order valence-corrected chi connectivity index (χ3v) is 3.77. The van der Waals surface area contributed by atoms with Gasteiger partial charge in [0.15, 0.2) is 0 Å². The van der Waals surface area contributed by atoms with E-state index in [1.165, 1.54) is 5.56 Å². The number of aliphatic imine (C=N–C) groups is 1. The van der Waals surface area contributed by atoms with Crippen molar-refractivity contribution >= 4 is 11.4 Å². The molecule has 0 aliphatic carbocycles. The van der Waals surface area contributed by atoms with Gasteiger partial charge in [-0.15, -0.1) is 0 Å². The van der Waals surface area contributed by atoms with Crippen molar-refractivity contribution in [3.63, 3.8) is 0 Å². The van der Waals surface area contributed by atoms with Gasteiger partial charge in [-0.2, -0.15) is 0 Å². The lowest BCUT2D eigenvalue weighted by Crippen LogP contribution is -2.08. The second-order valence-corrected chi connectivity index (χ2v) is 5.19. The van der Waals surface area contributed by atoms with Crippen molar-refractivity contribution in [3.8, 4) is 0 Å². The van der Waals surface area contributed by atoms with Crippen LogP contribution in [0.1, 0.15) is 30.0 Å². The molecule has 0 heterocycles. The number of anilines is 1. The highest BCUT2D eigenvalue weighted by atomic mass is 14.7. The fourth-order valence-electron chi connectivity index (χ4n) is 2.54. The van der Waals surface area contributed by atoms with Crippen molar-refractivity contribution in [3.05, 3.63) is 77.0 Å². The van der Waals surface area contributed by atoms with Crippen LogP contribution in [0.2, 0.25) is 0 Å². The smallest absolute Gasteiger partial charge is 0.0690 e. The third-order valence-electron chi connectivity index (χ3n) is 3.77. The minimum absolute atomic E-state index is 0.787. The Kier molecular flexibility index (Phi) is 5.37. The Bertz CT molecular complexity index is 685. The maximum Gasteiger partial charge on any atom is 0.0690 e. The molecule has 0 aromatic heterocycles. The molecule has 0 saturated carbocycles. The molecule has 0 aliphatic rings. The molecule has 3 nitrogen and oxygen atoms in total. The van der Waals surface area contributed by atoms with Crippen LogP contribution in [-0.4, -0.2) is 12.8 Å². The summed E-state index contributed by atoms with van der Waals surface area (Å²) in [6.45, 7) is 2.07. The third kappa shape index (κ3) is 3.55. The first-order valence-corrected chi connectivity index (χ1v) is 7.50. The van der Waals surface area contributed by atoms with Crippen molar-refractivity contribution in [1.29, 1.82) is 0 Å². The van der Waals surface area contributed by atoms with Gasteiger partial charge >= 0.3 is 0 Å². The van der Waals surface area contributed by atoms with E-state index in [2.05, 4.69) is 36.2 Å². The van der Waals surface area contributed by atoms with Gasteiger partial charge < -0.3 is 11.5 Å². The average molecular weight is 293 g/mol. The van der Waals surface area contributed by atoms with Gasteiger partial charge in [0.25, 0.3) is 0 Å². The van der Waals surface area contributed by atoms with E-state index in [1.807, 2.05) is 24.3 Å². The molecule has 0 aliphatic heterocycles. The predicted octanol–water partition coefficient (Wildman–Crippen LogP) is 3.53. The van der Waals surface area contributed by atoms with E-state index in [0.29, 0.717) is 0 Å².